The number of rotatable bonds is 7. The van der Waals surface area contributed by atoms with E-state index in [-0.39, 0.29) is 17.9 Å². The van der Waals surface area contributed by atoms with Gasteiger partial charge < -0.3 is 19.7 Å². The maximum absolute atomic E-state index is 13.0. The van der Waals surface area contributed by atoms with Gasteiger partial charge in [-0.3, -0.25) is 4.79 Å². The summed E-state index contributed by atoms with van der Waals surface area (Å²) in [4.78, 5) is 14.5. The lowest BCUT2D eigenvalue weighted by molar-refractivity contribution is -0.921. The van der Waals surface area contributed by atoms with Gasteiger partial charge in [-0.1, -0.05) is 30.3 Å². The molecule has 1 aliphatic heterocycles. The summed E-state index contributed by atoms with van der Waals surface area (Å²) in [5.41, 5.74) is 2.11. The van der Waals surface area contributed by atoms with E-state index in [4.69, 9.17) is 9.47 Å². The van der Waals surface area contributed by atoms with Crippen molar-refractivity contribution in [2.24, 2.45) is 5.92 Å². The molecule has 2 aromatic rings. The van der Waals surface area contributed by atoms with Crippen molar-refractivity contribution in [3.05, 3.63) is 54.1 Å². The topological polar surface area (TPSA) is 52.0 Å². The first-order valence-corrected chi connectivity index (χ1v) is 11.2. The molecule has 1 heterocycles. The molecule has 2 atom stereocenters. The normalized spacial score (nSPS) is 21.9. The maximum atomic E-state index is 13.0. The number of methoxy groups -OCH3 is 1. The third kappa shape index (κ3) is 5.33. The second-order valence-electron chi connectivity index (χ2n) is 8.58. The maximum Gasteiger partial charge on any atom is 0.233 e. The molecule has 2 aromatic carbocycles. The first kappa shape index (κ1) is 20.7. The van der Waals surface area contributed by atoms with E-state index >= 15 is 0 Å². The van der Waals surface area contributed by atoms with E-state index in [9.17, 15) is 4.79 Å². The summed E-state index contributed by atoms with van der Waals surface area (Å²) >= 11 is 0. The molecule has 30 heavy (non-hydrogen) atoms. The predicted molar refractivity (Wildman–Crippen MR) is 118 cm³/mol. The zero-order chi connectivity index (χ0) is 20.8. The molecule has 1 saturated heterocycles. The lowest BCUT2D eigenvalue weighted by Gasteiger charge is -2.29. The summed E-state index contributed by atoms with van der Waals surface area (Å²) in [5.74, 6) is 1.59. The summed E-state index contributed by atoms with van der Waals surface area (Å²) in [6, 6.07) is 16.2. The second-order valence-corrected chi connectivity index (χ2v) is 8.58. The van der Waals surface area contributed by atoms with Gasteiger partial charge in [0.05, 0.1) is 32.2 Å². The molecule has 2 fully saturated rings. The highest BCUT2D eigenvalue weighted by atomic mass is 16.5. The van der Waals surface area contributed by atoms with Crippen molar-refractivity contribution in [2.75, 3.05) is 25.5 Å². The molecule has 2 aliphatic rings. The summed E-state index contributed by atoms with van der Waals surface area (Å²) in [6.45, 7) is 2.98. The van der Waals surface area contributed by atoms with Gasteiger partial charge in [-0.2, -0.15) is 0 Å². The molecule has 4 rings (SSSR count). The number of nitrogens with one attached hydrogen (secondary N) is 2. The standard InChI is InChI=1S/C25H32N2O3/c1-29-23-14-13-21(16-24(23)30-22-11-5-6-12-22)26-25(28)20-10-7-15-27(18-20)17-19-8-3-2-4-9-19/h2-4,8-9,13-14,16,20,22H,5-7,10-12,15,17-18H2,1H3,(H,26,28)/p+1/t20-/m0/s1. The second kappa shape index (κ2) is 9.98. The molecular formula is C25H33N2O3+. The summed E-state index contributed by atoms with van der Waals surface area (Å²) < 4.78 is 11.6. The fraction of sp³-hybridized carbons (Fsp3) is 0.480. The van der Waals surface area contributed by atoms with Crippen molar-refractivity contribution in [2.45, 2.75) is 51.2 Å². The van der Waals surface area contributed by atoms with Crippen molar-refractivity contribution in [3.63, 3.8) is 0 Å². The van der Waals surface area contributed by atoms with Crippen molar-refractivity contribution in [1.82, 2.24) is 0 Å². The Morgan fingerprint density at radius 3 is 2.60 bits per heavy atom. The summed E-state index contributed by atoms with van der Waals surface area (Å²) in [7, 11) is 1.65. The highest BCUT2D eigenvalue weighted by Crippen LogP contribution is 2.34. The number of carbonyl (C=O) groups is 1. The molecule has 2 N–H and O–H groups in total. The zero-order valence-electron chi connectivity index (χ0n) is 17.9. The van der Waals surface area contributed by atoms with Crippen LogP contribution in [0.4, 0.5) is 5.69 Å². The van der Waals surface area contributed by atoms with Gasteiger partial charge in [-0.05, 0) is 50.7 Å². The molecular weight excluding hydrogens is 376 g/mol. The minimum atomic E-state index is 0.0405. The molecule has 0 bridgehead atoms. The number of likely N-dealkylation sites (tertiary alicyclic amines) is 1. The number of amides is 1. The number of benzene rings is 2. The Hall–Kier alpha value is -2.53. The molecule has 1 amide bonds. The largest absolute Gasteiger partial charge is 0.493 e. The first-order valence-electron chi connectivity index (χ1n) is 11.2. The van der Waals surface area contributed by atoms with Crippen molar-refractivity contribution in [1.29, 1.82) is 0 Å². The van der Waals surface area contributed by atoms with Crippen LogP contribution in [-0.2, 0) is 11.3 Å². The fourth-order valence-electron chi connectivity index (χ4n) is 4.70. The molecule has 1 unspecified atom stereocenters. The van der Waals surface area contributed by atoms with E-state index < -0.39 is 0 Å². The van der Waals surface area contributed by atoms with Crippen molar-refractivity contribution >= 4 is 11.6 Å². The Balaban J connectivity index is 1.37. The molecule has 0 spiro atoms. The first-order chi connectivity index (χ1) is 14.7. The van der Waals surface area contributed by atoms with Crippen LogP contribution < -0.4 is 19.7 Å². The highest BCUT2D eigenvalue weighted by Gasteiger charge is 2.29. The van der Waals surface area contributed by atoms with Gasteiger partial charge in [0.25, 0.3) is 0 Å². The molecule has 160 valence electrons. The van der Waals surface area contributed by atoms with E-state index in [2.05, 4.69) is 29.6 Å². The molecule has 1 aliphatic carbocycles. The molecule has 5 nitrogen and oxygen atoms in total. The monoisotopic (exact) mass is 409 g/mol. The van der Waals surface area contributed by atoms with Crippen LogP contribution in [0.1, 0.15) is 44.1 Å². The van der Waals surface area contributed by atoms with E-state index in [1.54, 1.807) is 7.11 Å². The zero-order valence-corrected chi connectivity index (χ0v) is 17.9. The van der Waals surface area contributed by atoms with Crippen LogP contribution in [0.2, 0.25) is 0 Å². The minimum Gasteiger partial charge on any atom is -0.493 e. The van der Waals surface area contributed by atoms with Crippen molar-refractivity contribution in [3.8, 4) is 11.5 Å². The van der Waals surface area contributed by atoms with E-state index in [1.807, 2.05) is 24.3 Å². The summed E-state index contributed by atoms with van der Waals surface area (Å²) in [5, 5.41) is 3.12. The van der Waals surface area contributed by atoms with Gasteiger partial charge in [0, 0.05) is 17.3 Å². The SMILES string of the molecule is COc1ccc(NC(=O)[C@H]2CCC[NH+](Cc3ccccc3)C2)cc1OC1CCCC1. The average molecular weight is 410 g/mol. The Morgan fingerprint density at radius 2 is 1.83 bits per heavy atom. The number of piperidine rings is 1. The van der Waals surface area contributed by atoms with Gasteiger partial charge in [-0.25, -0.2) is 0 Å². The number of ether oxygens (including phenoxy) is 2. The lowest BCUT2D eigenvalue weighted by Crippen LogP contribution is -3.12. The number of hydrogen-bond acceptors (Lipinski definition) is 3. The van der Waals surface area contributed by atoms with Crippen LogP contribution in [0.3, 0.4) is 0 Å². The third-order valence-electron chi connectivity index (χ3n) is 6.31. The Labute approximate surface area is 179 Å². The summed E-state index contributed by atoms with van der Waals surface area (Å²) in [6.07, 6.45) is 6.88. The van der Waals surface area contributed by atoms with Gasteiger partial charge in [0.2, 0.25) is 5.91 Å². The van der Waals surface area contributed by atoms with Crippen LogP contribution >= 0.6 is 0 Å². The predicted octanol–water partition coefficient (Wildman–Crippen LogP) is 3.45. The third-order valence-corrected chi connectivity index (χ3v) is 6.31. The Bertz CT molecular complexity index is 834. The number of hydrogen-bond donors (Lipinski definition) is 2. The van der Waals surface area contributed by atoms with Crippen LogP contribution in [-0.4, -0.2) is 32.2 Å². The number of quaternary nitrogens is 1. The molecule has 0 aromatic heterocycles. The van der Waals surface area contributed by atoms with Crippen LogP contribution in [0.15, 0.2) is 48.5 Å². The molecule has 0 radical (unpaired) electrons. The fourth-order valence-corrected chi connectivity index (χ4v) is 4.70. The quantitative estimate of drug-likeness (QED) is 0.737. The Kier molecular flexibility index (Phi) is 6.90. The van der Waals surface area contributed by atoms with E-state index in [0.717, 1.165) is 62.5 Å². The van der Waals surface area contributed by atoms with Gasteiger partial charge in [0.15, 0.2) is 11.5 Å². The van der Waals surface area contributed by atoms with Gasteiger partial charge in [-0.15, -0.1) is 0 Å². The minimum absolute atomic E-state index is 0.0405. The average Bonchev–Trinajstić information content (AvgIpc) is 3.28. The van der Waals surface area contributed by atoms with E-state index in [0.29, 0.717) is 0 Å². The molecule has 5 heteroatoms. The van der Waals surface area contributed by atoms with Crippen molar-refractivity contribution < 1.29 is 19.2 Å². The highest BCUT2D eigenvalue weighted by molar-refractivity contribution is 5.93. The smallest absolute Gasteiger partial charge is 0.233 e. The Morgan fingerprint density at radius 1 is 1.03 bits per heavy atom. The van der Waals surface area contributed by atoms with Crippen LogP contribution in [0.25, 0.3) is 0 Å². The van der Waals surface area contributed by atoms with Gasteiger partial charge >= 0.3 is 0 Å². The van der Waals surface area contributed by atoms with Crippen LogP contribution in [0.5, 0.6) is 11.5 Å². The number of carbonyl (C=O) groups excluding carboxylic acids is 1. The number of anilines is 1. The lowest BCUT2D eigenvalue weighted by atomic mass is 9.96. The van der Waals surface area contributed by atoms with Crippen LogP contribution in [0, 0.1) is 5.92 Å². The van der Waals surface area contributed by atoms with Gasteiger partial charge in [0.1, 0.15) is 6.54 Å². The van der Waals surface area contributed by atoms with E-state index in [1.165, 1.54) is 23.3 Å². The molecule has 1 saturated carbocycles.